The number of amides is 1. The molecule has 2 heteroatoms. The summed E-state index contributed by atoms with van der Waals surface area (Å²) in [5.41, 5.74) is 2.65. The number of rotatable bonds is 18. The van der Waals surface area contributed by atoms with Gasteiger partial charge in [-0.05, 0) is 97.7 Å². The third kappa shape index (κ3) is 8.93. The van der Waals surface area contributed by atoms with E-state index in [1.165, 1.54) is 135 Å². The highest BCUT2D eigenvalue weighted by Gasteiger charge is 2.59. The summed E-state index contributed by atoms with van der Waals surface area (Å²) in [6.45, 7) is 14.6. The Morgan fingerprint density at radius 1 is 0.791 bits per heavy atom. The van der Waals surface area contributed by atoms with Gasteiger partial charge in [0, 0.05) is 12.5 Å². The number of fused-ring (bicyclic) bond motifs is 5. The summed E-state index contributed by atoms with van der Waals surface area (Å²) in [5.74, 6) is 5.66. The van der Waals surface area contributed by atoms with Crippen LogP contribution in [-0.2, 0) is 4.79 Å². The number of allylic oxidation sites excluding steroid dienone is 1. The van der Waals surface area contributed by atoms with Crippen LogP contribution in [0.25, 0.3) is 0 Å². The maximum absolute atomic E-state index is 12.1. The predicted molar refractivity (Wildman–Crippen MR) is 186 cm³/mol. The molecule has 4 aliphatic carbocycles. The Hall–Kier alpha value is -0.790. The van der Waals surface area contributed by atoms with Gasteiger partial charge >= 0.3 is 0 Å². The van der Waals surface area contributed by atoms with Crippen molar-refractivity contribution in [3.63, 3.8) is 0 Å². The Morgan fingerprint density at radius 3 is 2.00 bits per heavy atom. The first-order valence-electron chi connectivity index (χ1n) is 19.7. The Labute approximate surface area is 268 Å². The molecule has 43 heavy (non-hydrogen) atoms. The van der Waals surface area contributed by atoms with E-state index in [-0.39, 0.29) is 5.91 Å². The van der Waals surface area contributed by atoms with Crippen LogP contribution in [0.4, 0.5) is 0 Å². The van der Waals surface area contributed by atoms with Crippen LogP contribution in [0, 0.1) is 46.3 Å². The van der Waals surface area contributed by atoms with Crippen LogP contribution in [0.15, 0.2) is 11.6 Å². The van der Waals surface area contributed by atoms with E-state index in [4.69, 9.17) is 0 Å². The van der Waals surface area contributed by atoms with E-state index >= 15 is 0 Å². The average Bonchev–Trinajstić information content (AvgIpc) is 3.34. The highest BCUT2D eigenvalue weighted by molar-refractivity contribution is 5.75. The summed E-state index contributed by atoms with van der Waals surface area (Å²) in [4.78, 5) is 12.1. The van der Waals surface area contributed by atoms with E-state index in [1.807, 2.05) is 6.92 Å². The zero-order valence-corrected chi connectivity index (χ0v) is 29.8. The van der Waals surface area contributed by atoms with E-state index < -0.39 is 0 Å². The van der Waals surface area contributed by atoms with E-state index in [2.05, 4.69) is 46.0 Å². The van der Waals surface area contributed by atoms with Crippen LogP contribution in [0.1, 0.15) is 189 Å². The van der Waals surface area contributed by atoms with Gasteiger partial charge in [0.15, 0.2) is 0 Å². The molecule has 2 nitrogen and oxygen atoms in total. The Kier molecular flexibility index (Phi) is 13.6. The molecule has 0 aromatic heterocycles. The van der Waals surface area contributed by atoms with Crippen LogP contribution < -0.4 is 5.32 Å². The summed E-state index contributed by atoms with van der Waals surface area (Å²) in [7, 11) is 0. The molecule has 0 aromatic carbocycles. The third-order valence-corrected chi connectivity index (χ3v) is 13.7. The summed E-state index contributed by atoms with van der Waals surface area (Å²) in [6, 6.07) is 0.369. The fourth-order valence-electron chi connectivity index (χ4n) is 11.1. The van der Waals surface area contributed by atoms with Gasteiger partial charge in [-0.15, -0.1) is 0 Å². The molecule has 248 valence electrons. The summed E-state index contributed by atoms with van der Waals surface area (Å²) >= 11 is 0. The molecular weight excluding hydrogens is 522 g/mol. The second-order valence-electron chi connectivity index (χ2n) is 17.0. The topological polar surface area (TPSA) is 29.1 Å². The zero-order valence-electron chi connectivity index (χ0n) is 29.8. The van der Waals surface area contributed by atoms with Crippen LogP contribution in [0.3, 0.4) is 0 Å². The Bertz CT molecular complexity index is 875. The SMILES string of the molecule is CCC(=O)N[C@H]1CCC2(C)C(=CC[C@@H]3C2CCC2(C)C([C@@H](C)CCCCCCCCCCCCCCC(C)C)CC[C@@H]32)C1. The molecule has 4 rings (SSSR count). The van der Waals surface area contributed by atoms with Gasteiger partial charge in [0.25, 0.3) is 0 Å². The molecule has 1 N–H and O–H groups in total. The van der Waals surface area contributed by atoms with E-state index in [1.54, 1.807) is 5.57 Å². The lowest BCUT2D eigenvalue weighted by atomic mass is 9.47. The number of hydrogen-bond donors (Lipinski definition) is 1. The normalized spacial score (nSPS) is 34.3. The van der Waals surface area contributed by atoms with E-state index in [9.17, 15) is 4.79 Å². The van der Waals surface area contributed by atoms with Gasteiger partial charge in [-0.25, -0.2) is 0 Å². The van der Waals surface area contributed by atoms with Crippen molar-refractivity contribution in [3.8, 4) is 0 Å². The molecule has 4 unspecified atom stereocenters. The van der Waals surface area contributed by atoms with Crippen molar-refractivity contribution in [1.82, 2.24) is 5.32 Å². The maximum Gasteiger partial charge on any atom is 0.219 e. The first-order chi connectivity index (χ1) is 20.7. The molecule has 8 atom stereocenters. The zero-order chi connectivity index (χ0) is 30.9. The molecule has 3 saturated carbocycles. The highest BCUT2D eigenvalue weighted by Crippen LogP contribution is 2.67. The number of nitrogens with one attached hydrogen (secondary N) is 1. The molecule has 0 aromatic rings. The van der Waals surface area contributed by atoms with Gasteiger partial charge in [0.1, 0.15) is 0 Å². The first kappa shape index (κ1) is 35.1. The molecule has 3 fully saturated rings. The second kappa shape index (κ2) is 16.7. The number of carbonyl (C=O) groups excluding carboxylic acids is 1. The fraction of sp³-hybridized carbons (Fsp3) is 0.927. The van der Waals surface area contributed by atoms with Crippen LogP contribution in [0.5, 0.6) is 0 Å². The highest BCUT2D eigenvalue weighted by atomic mass is 16.1. The third-order valence-electron chi connectivity index (χ3n) is 13.7. The largest absolute Gasteiger partial charge is 0.353 e. The van der Waals surface area contributed by atoms with Crippen LogP contribution >= 0.6 is 0 Å². The van der Waals surface area contributed by atoms with Gasteiger partial charge < -0.3 is 5.32 Å². The summed E-state index contributed by atoms with van der Waals surface area (Å²) in [5, 5.41) is 3.32. The fourth-order valence-corrected chi connectivity index (χ4v) is 11.1. The molecule has 4 aliphatic rings. The minimum Gasteiger partial charge on any atom is -0.353 e. The standard InChI is InChI=1S/C41H73NO/c1-7-39(43)42-34-26-28-40(5)33(30-34)22-23-35-37-25-24-36(41(37,6)29-27-38(35)40)32(4)21-19-17-15-13-11-9-8-10-12-14-16-18-20-31(2)3/h22,31-32,34-38H,7-21,23-30H2,1-6H3,(H,42,43)/t32-,34-,35-,36?,37-,38?,40?,41?/m0/s1. The van der Waals surface area contributed by atoms with Crippen molar-refractivity contribution in [2.75, 3.05) is 0 Å². The lowest BCUT2D eigenvalue weighted by Crippen LogP contribution is -2.52. The minimum absolute atomic E-state index is 0.228. The minimum atomic E-state index is 0.228. The Balaban J connectivity index is 1.13. The van der Waals surface area contributed by atoms with E-state index in [0.29, 0.717) is 23.3 Å². The molecule has 0 aliphatic heterocycles. The van der Waals surface area contributed by atoms with Crippen molar-refractivity contribution in [3.05, 3.63) is 11.6 Å². The van der Waals surface area contributed by atoms with Gasteiger partial charge in [-0.2, -0.15) is 0 Å². The smallest absolute Gasteiger partial charge is 0.219 e. The summed E-state index contributed by atoms with van der Waals surface area (Å²) in [6.07, 6.45) is 34.5. The van der Waals surface area contributed by atoms with Crippen LogP contribution in [-0.4, -0.2) is 11.9 Å². The van der Waals surface area contributed by atoms with Gasteiger partial charge in [-0.3, -0.25) is 4.79 Å². The summed E-state index contributed by atoms with van der Waals surface area (Å²) < 4.78 is 0. The first-order valence-corrected chi connectivity index (χ1v) is 19.7. The van der Waals surface area contributed by atoms with Crippen molar-refractivity contribution in [2.24, 2.45) is 46.3 Å². The van der Waals surface area contributed by atoms with E-state index in [0.717, 1.165) is 41.9 Å². The quantitative estimate of drug-likeness (QED) is 0.124. The maximum atomic E-state index is 12.1. The van der Waals surface area contributed by atoms with Crippen molar-refractivity contribution < 1.29 is 4.79 Å². The average molecular weight is 596 g/mol. The van der Waals surface area contributed by atoms with Crippen molar-refractivity contribution in [1.29, 1.82) is 0 Å². The van der Waals surface area contributed by atoms with Crippen molar-refractivity contribution in [2.45, 2.75) is 195 Å². The number of unbranched alkanes of at least 4 members (excludes halogenated alkanes) is 11. The van der Waals surface area contributed by atoms with Gasteiger partial charge in [0.2, 0.25) is 5.91 Å². The number of hydrogen-bond acceptors (Lipinski definition) is 1. The second-order valence-corrected chi connectivity index (χ2v) is 17.0. The number of carbonyl (C=O) groups is 1. The lowest BCUT2D eigenvalue weighted by molar-refractivity contribution is -0.121. The molecular formula is C41H73NO. The Morgan fingerprint density at radius 2 is 1.40 bits per heavy atom. The van der Waals surface area contributed by atoms with Gasteiger partial charge in [-0.1, -0.05) is 143 Å². The van der Waals surface area contributed by atoms with Crippen molar-refractivity contribution >= 4 is 5.91 Å². The van der Waals surface area contributed by atoms with Crippen LogP contribution in [0.2, 0.25) is 0 Å². The van der Waals surface area contributed by atoms with Gasteiger partial charge in [0.05, 0.1) is 0 Å². The molecule has 1 amide bonds. The molecule has 0 heterocycles. The molecule has 0 radical (unpaired) electrons. The molecule has 0 bridgehead atoms. The lowest BCUT2D eigenvalue weighted by Gasteiger charge is -2.58. The predicted octanol–water partition coefficient (Wildman–Crippen LogP) is 12.2. The monoisotopic (exact) mass is 596 g/mol. The molecule has 0 saturated heterocycles. The molecule has 0 spiro atoms.